The Balaban J connectivity index is 1.86. The molecule has 0 atom stereocenters. The van der Waals surface area contributed by atoms with E-state index in [-0.39, 0.29) is 42.2 Å². The minimum atomic E-state index is -1.31. The van der Waals surface area contributed by atoms with E-state index >= 15 is 0 Å². The Labute approximate surface area is 235 Å². The number of ketones is 1. The van der Waals surface area contributed by atoms with E-state index < -0.39 is 42.1 Å². The molecule has 0 unspecified atom stereocenters. The third-order valence-corrected chi connectivity index (χ3v) is 5.86. The van der Waals surface area contributed by atoms with E-state index in [4.69, 9.17) is 4.74 Å². The van der Waals surface area contributed by atoms with Crippen molar-refractivity contribution in [1.82, 2.24) is 10.2 Å². The summed E-state index contributed by atoms with van der Waals surface area (Å²) in [6.45, 7) is 0.680. The van der Waals surface area contributed by atoms with Crippen LogP contribution in [-0.4, -0.2) is 66.5 Å². The lowest BCUT2D eigenvalue weighted by Crippen LogP contribution is -2.41. The molecular weight excluding hydrogens is 535 g/mol. The quantitative estimate of drug-likeness (QED) is 0.182. The molecule has 0 radical (unpaired) electrons. The van der Waals surface area contributed by atoms with E-state index in [0.717, 1.165) is 15.9 Å². The highest BCUT2D eigenvalue weighted by atomic mass is 19.1. The highest BCUT2D eigenvalue weighted by molar-refractivity contribution is 6.15. The van der Waals surface area contributed by atoms with E-state index in [1.807, 2.05) is 0 Å². The first-order chi connectivity index (χ1) is 19.6. The van der Waals surface area contributed by atoms with Crippen LogP contribution >= 0.6 is 0 Å². The number of hydrogen-bond donors (Lipinski definition) is 3. The molecule has 0 aromatic heterocycles. The summed E-state index contributed by atoms with van der Waals surface area (Å²) >= 11 is 0. The van der Waals surface area contributed by atoms with Crippen LogP contribution in [0.3, 0.4) is 0 Å². The van der Waals surface area contributed by atoms with E-state index in [2.05, 4.69) is 10.6 Å². The van der Waals surface area contributed by atoms with Crippen LogP contribution in [-0.2, 0) is 20.9 Å². The zero-order valence-corrected chi connectivity index (χ0v) is 22.4. The highest BCUT2D eigenvalue weighted by Gasteiger charge is 2.25. The van der Waals surface area contributed by atoms with Gasteiger partial charge in [-0.3, -0.25) is 19.3 Å². The topological polar surface area (TPSA) is 145 Å². The zero-order valence-electron chi connectivity index (χ0n) is 22.4. The molecule has 3 aromatic rings. The molecule has 11 nitrogen and oxygen atoms in total. The Hall–Kier alpha value is -5.26. The Morgan fingerprint density at radius 3 is 2.27 bits per heavy atom. The van der Waals surface area contributed by atoms with Crippen molar-refractivity contribution in [1.29, 1.82) is 0 Å². The van der Waals surface area contributed by atoms with E-state index in [1.165, 1.54) is 50.4 Å². The number of esters is 1. The van der Waals surface area contributed by atoms with Gasteiger partial charge >= 0.3 is 18.1 Å². The Bertz CT molecular complexity index is 1430. The number of nitrogens with zero attached hydrogens (tertiary/aromatic N) is 2. The molecule has 3 aromatic carbocycles. The van der Waals surface area contributed by atoms with Crippen LogP contribution < -0.4 is 15.5 Å². The minimum absolute atomic E-state index is 0.0325. The second kappa shape index (κ2) is 14.2. The molecule has 0 bridgehead atoms. The van der Waals surface area contributed by atoms with Crippen molar-refractivity contribution in [2.24, 2.45) is 0 Å². The molecule has 0 spiro atoms. The molecule has 0 fully saturated rings. The number of halogens is 1. The van der Waals surface area contributed by atoms with Gasteiger partial charge in [0, 0.05) is 31.8 Å². The smallest absolute Gasteiger partial charge is 0.408 e. The fourth-order valence-electron chi connectivity index (χ4n) is 3.81. The number of likely N-dealkylation sites (N-methyl/N-ethyl adjacent to an activating group) is 1. The van der Waals surface area contributed by atoms with Crippen molar-refractivity contribution in [2.75, 3.05) is 37.0 Å². The van der Waals surface area contributed by atoms with Gasteiger partial charge in [0.05, 0.1) is 17.8 Å². The zero-order chi connectivity index (χ0) is 29.9. The van der Waals surface area contributed by atoms with Gasteiger partial charge in [-0.2, -0.15) is 0 Å². The standard InChI is InChI=1S/C29H29FN4O7/c1-19(35)41-15-14-31-28(38)32-21-12-13-25(23(16-21)27(37)22-10-6-7-11-24(22)30)33(2)26(36)18-34(29(39)40)17-20-8-4-3-5-9-20/h3-13,16H,14-15,17-18H2,1-2H3,(H,39,40)(H2,31,32,38). The van der Waals surface area contributed by atoms with Gasteiger partial charge in [0.15, 0.2) is 5.78 Å². The van der Waals surface area contributed by atoms with Gasteiger partial charge in [0.2, 0.25) is 5.91 Å². The summed E-state index contributed by atoms with van der Waals surface area (Å²) in [6, 6.07) is 17.5. The maximum absolute atomic E-state index is 14.5. The first-order valence-corrected chi connectivity index (χ1v) is 12.5. The summed E-state index contributed by atoms with van der Waals surface area (Å²) in [5.74, 6) is -2.67. The van der Waals surface area contributed by atoms with Crippen LogP contribution in [0.1, 0.15) is 28.4 Å². The van der Waals surface area contributed by atoms with Crippen LogP contribution in [0.5, 0.6) is 0 Å². The first-order valence-electron chi connectivity index (χ1n) is 12.5. The molecule has 0 aliphatic carbocycles. The molecule has 0 aliphatic heterocycles. The van der Waals surface area contributed by atoms with E-state index in [9.17, 15) is 33.5 Å². The molecule has 3 N–H and O–H groups in total. The van der Waals surface area contributed by atoms with Crippen molar-refractivity contribution in [3.05, 3.63) is 95.3 Å². The molecular formula is C29H29FN4O7. The molecule has 0 saturated carbocycles. The van der Waals surface area contributed by atoms with Crippen LogP contribution in [0.4, 0.5) is 25.4 Å². The Morgan fingerprint density at radius 1 is 0.927 bits per heavy atom. The number of hydrogen-bond acceptors (Lipinski definition) is 6. The molecule has 41 heavy (non-hydrogen) atoms. The fraction of sp³-hybridized carbons (Fsp3) is 0.207. The maximum atomic E-state index is 14.5. The molecule has 0 aliphatic rings. The number of ether oxygens (including phenoxy) is 1. The van der Waals surface area contributed by atoms with Crippen molar-refractivity contribution < 1.29 is 38.2 Å². The monoisotopic (exact) mass is 564 g/mol. The second-order valence-electron chi connectivity index (χ2n) is 8.84. The summed E-state index contributed by atoms with van der Waals surface area (Å²) < 4.78 is 19.3. The molecule has 4 amide bonds. The Kier molecular flexibility index (Phi) is 10.5. The van der Waals surface area contributed by atoms with Crippen molar-refractivity contribution in [3.8, 4) is 0 Å². The number of amides is 4. The lowest BCUT2D eigenvalue weighted by Gasteiger charge is -2.25. The number of benzene rings is 3. The summed E-state index contributed by atoms with van der Waals surface area (Å²) in [5, 5.41) is 14.7. The number of carbonyl (C=O) groups excluding carboxylic acids is 4. The molecule has 214 valence electrons. The second-order valence-corrected chi connectivity index (χ2v) is 8.84. The molecule has 3 rings (SSSR count). The van der Waals surface area contributed by atoms with Gasteiger partial charge in [-0.25, -0.2) is 14.0 Å². The Morgan fingerprint density at radius 2 is 1.61 bits per heavy atom. The maximum Gasteiger partial charge on any atom is 0.408 e. The van der Waals surface area contributed by atoms with E-state index in [0.29, 0.717) is 5.56 Å². The van der Waals surface area contributed by atoms with Gasteiger partial charge in [0.1, 0.15) is 19.0 Å². The van der Waals surface area contributed by atoms with Crippen molar-refractivity contribution >= 4 is 41.2 Å². The summed E-state index contributed by atoms with van der Waals surface area (Å²) in [4.78, 5) is 63.7. The van der Waals surface area contributed by atoms with Crippen LogP contribution in [0, 0.1) is 5.82 Å². The SMILES string of the molecule is CC(=O)OCCNC(=O)Nc1ccc(N(C)C(=O)CN(Cc2ccccc2)C(=O)O)c(C(=O)c2ccccc2F)c1. The largest absolute Gasteiger partial charge is 0.465 e. The summed E-state index contributed by atoms with van der Waals surface area (Å²) in [5.41, 5.74) is 0.564. The fourth-order valence-corrected chi connectivity index (χ4v) is 3.81. The van der Waals surface area contributed by atoms with Gasteiger partial charge in [0.25, 0.3) is 0 Å². The van der Waals surface area contributed by atoms with Crippen LogP contribution in [0.15, 0.2) is 72.8 Å². The van der Waals surface area contributed by atoms with E-state index in [1.54, 1.807) is 30.3 Å². The number of carbonyl (C=O) groups is 5. The highest BCUT2D eigenvalue weighted by Crippen LogP contribution is 2.27. The third-order valence-electron chi connectivity index (χ3n) is 5.86. The number of urea groups is 1. The lowest BCUT2D eigenvalue weighted by molar-refractivity contribution is -0.140. The predicted molar refractivity (Wildman–Crippen MR) is 148 cm³/mol. The average molecular weight is 565 g/mol. The number of carboxylic acid groups (broad SMARTS) is 1. The van der Waals surface area contributed by atoms with Gasteiger partial charge < -0.3 is 25.4 Å². The van der Waals surface area contributed by atoms with Crippen molar-refractivity contribution in [2.45, 2.75) is 13.5 Å². The lowest BCUT2D eigenvalue weighted by atomic mass is 9.99. The number of anilines is 2. The van der Waals surface area contributed by atoms with Gasteiger partial charge in [-0.1, -0.05) is 42.5 Å². The van der Waals surface area contributed by atoms with Gasteiger partial charge in [-0.05, 0) is 35.9 Å². The molecule has 12 heteroatoms. The van der Waals surface area contributed by atoms with Crippen molar-refractivity contribution in [3.63, 3.8) is 0 Å². The predicted octanol–water partition coefficient (Wildman–Crippen LogP) is 3.88. The number of nitrogens with one attached hydrogen (secondary N) is 2. The summed E-state index contributed by atoms with van der Waals surface area (Å²) in [6.07, 6.45) is -1.31. The number of rotatable bonds is 11. The normalized spacial score (nSPS) is 10.3. The third kappa shape index (κ3) is 8.62. The molecule has 0 saturated heterocycles. The average Bonchev–Trinajstić information content (AvgIpc) is 2.95. The summed E-state index contributed by atoms with van der Waals surface area (Å²) in [7, 11) is 1.37. The first kappa shape index (κ1) is 30.3. The molecule has 0 heterocycles. The van der Waals surface area contributed by atoms with Gasteiger partial charge in [-0.15, -0.1) is 0 Å². The minimum Gasteiger partial charge on any atom is -0.465 e. The van der Waals surface area contributed by atoms with Crippen LogP contribution in [0.25, 0.3) is 0 Å². The van der Waals surface area contributed by atoms with Crippen LogP contribution in [0.2, 0.25) is 0 Å².